The monoisotopic (exact) mass is 762 g/mol. The molecule has 0 saturated heterocycles. The summed E-state index contributed by atoms with van der Waals surface area (Å²) in [4.78, 5) is 16.6. The zero-order valence-corrected chi connectivity index (χ0v) is 36.9. The average Bonchev–Trinajstić information content (AvgIpc) is 3.50. The molecule has 0 saturated carbocycles. The molecule has 4 heteroatoms. The third-order valence-corrected chi connectivity index (χ3v) is 13.1. The summed E-state index contributed by atoms with van der Waals surface area (Å²) < 4.78 is 2.44. The molecule has 0 aromatic heterocycles. The van der Waals surface area contributed by atoms with Crippen LogP contribution in [0.5, 0.6) is 0 Å². The van der Waals surface area contributed by atoms with E-state index in [2.05, 4.69) is 101 Å². The lowest BCUT2D eigenvalue weighted by Crippen LogP contribution is -2.32. The molecule has 0 radical (unpaired) electrons. The van der Waals surface area contributed by atoms with Crippen LogP contribution >= 0.6 is 0 Å². The van der Waals surface area contributed by atoms with Crippen LogP contribution in [-0.2, 0) is 15.6 Å². The number of aryl methyl sites for hydroxylation is 2. The van der Waals surface area contributed by atoms with Gasteiger partial charge in [-0.05, 0) is 64.3 Å². The molecule has 306 valence electrons. The van der Waals surface area contributed by atoms with Crippen LogP contribution in [0, 0.1) is 13.8 Å². The first-order chi connectivity index (χ1) is 26.9. The van der Waals surface area contributed by atoms with Crippen LogP contribution in [0.25, 0.3) is 0 Å². The van der Waals surface area contributed by atoms with Gasteiger partial charge in [-0.2, -0.15) is 4.58 Å². The van der Waals surface area contributed by atoms with Gasteiger partial charge in [0, 0.05) is 47.5 Å². The summed E-state index contributed by atoms with van der Waals surface area (Å²) in [5.41, 5.74) is 10.2. The maximum absolute atomic E-state index is 14.1. The molecule has 1 aliphatic carbocycles. The Morgan fingerprint density at radius 2 is 1.12 bits per heavy atom. The number of anilines is 1. The third-order valence-electron chi connectivity index (χ3n) is 13.1. The number of fused-ring (bicyclic) bond motifs is 2. The van der Waals surface area contributed by atoms with Gasteiger partial charge in [-0.25, -0.2) is 0 Å². The van der Waals surface area contributed by atoms with Crippen molar-refractivity contribution < 1.29 is 14.5 Å². The fraction of sp³-hybridized carbons (Fsp3) is 0.615. The van der Waals surface area contributed by atoms with E-state index in [0.717, 1.165) is 37.3 Å². The first-order valence-electron chi connectivity index (χ1n) is 23.0. The van der Waals surface area contributed by atoms with Gasteiger partial charge in [0.25, 0.3) is 0 Å². The van der Waals surface area contributed by atoms with E-state index >= 15 is 0 Å². The number of rotatable bonds is 24. The van der Waals surface area contributed by atoms with Crippen LogP contribution in [0.4, 0.5) is 11.4 Å². The highest BCUT2D eigenvalue weighted by Crippen LogP contribution is 2.50. The average molecular weight is 762 g/mol. The summed E-state index contributed by atoms with van der Waals surface area (Å²) >= 11 is 0. The highest BCUT2D eigenvalue weighted by atomic mass is 16.3. The number of aliphatic hydroxyl groups excluding tert-OH is 1. The Bertz CT molecular complexity index is 1780. The SMILES string of the molecule is CCCCCCCCCCCCN1/C(=C\C2=C(O)C(=C\C3=[N+](CCCCCCCCCCCC)c4ccc(C)cc4C3(C)C)/C2=O)C(C)(C)c2cc(C)ccc21. The van der Waals surface area contributed by atoms with Crippen LogP contribution < -0.4 is 4.90 Å². The van der Waals surface area contributed by atoms with Crippen LogP contribution in [0.1, 0.15) is 192 Å². The lowest BCUT2D eigenvalue weighted by molar-refractivity contribution is -0.438. The summed E-state index contributed by atoms with van der Waals surface area (Å²) in [6.45, 7) is 19.8. The molecule has 1 N–H and O–H groups in total. The van der Waals surface area contributed by atoms with Gasteiger partial charge >= 0.3 is 0 Å². The van der Waals surface area contributed by atoms with E-state index in [0.29, 0.717) is 11.1 Å². The van der Waals surface area contributed by atoms with Crippen molar-refractivity contribution in [3.8, 4) is 0 Å². The van der Waals surface area contributed by atoms with E-state index in [1.807, 2.05) is 12.2 Å². The minimum absolute atomic E-state index is 0.0499. The molecule has 3 aliphatic rings. The minimum atomic E-state index is -0.277. The standard InChI is InChI=1S/C52H76N2O2/c1-9-11-13-15-17-19-21-23-25-27-33-53-45-31-29-39(3)35-43(45)51(5,6)47(53)37-41-49(55)42(50(41)56)38-48-52(7,8)44-36-40(4)30-32-46(44)54(48)34-28-26-24-22-20-18-16-14-12-10-2/h29-32,35-38H,9-28,33-34H2,1-8H3/p+1. The number of carbonyl (C=O) groups is 1. The Hall–Kier alpha value is -3.40. The number of allylic oxidation sites excluding steroid dienone is 5. The Balaban J connectivity index is 1.33. The number of benzene rings is 2. The number of carbonyl (C=O) groups excluding carboxylic acids is 1. The molecule has 0 fully saturated rings. The van der Waals surface area contributed by atoms with E-state index in [9.17, 15) is 9.90 Å². The van der Waals surface area contributed by atoms with Crippen molar-refractivity contribution in [2.75, 3.05) is 18.0 Å². The van der Waals surface area contributed by atoms with Crippen LogP contribution in [-0.4, -0.2) is 34.3 Å². The largest absolute Gasteiger partial charge is 0.506 e. The summed E-state index contributed by atoms with van der Waals surface area (Å²) in [5, 5.41) is 11.7. The second-order valence-electron chi connectivity index (χ2n) is 18.5. The molecule has 2 aliphatic heterocycles. The predicted octanol–water partition coefficient (Wildman–Crippen LogP) is 14.5. The van der Waals surface area contributed by atoms with Crippen molar-refractivity contribution in [1.82, 2.24) is 0 Å². The van der Waals surface area contributed by atoms with Crippen molar-refractivity contribution in [3.63, 3.8) is 0 Å². The first kappa shape index (κ1) is 43.7. The Labute approximate surface area is 342 Å². The normalized spacial score (nSPS) is 18.4. The second-order valence-corrected chi connectivity index (χ2v) is 18.5. The molecule has 0 amide bonds. The first-order valence-corrected chi connectivity index (χ1v) is 23.0. The van der Waals surface area contributed by atoms with E-state index in [1.54, 1.807) is 0 Å². The maximum Gasteiger partial charge on any atom is 0.209 e. The fourth-order valence-electron chi connectivity index (χ4n) is 9.48. The molecule has 0 atom stereocenters. The number of hydrogen-bond acceptors (Lipinski definition) is 3. The van der Waals surface area contributed by atoms with Crippen molar-refractivity contribution in [2.45, 2.75) is 195 Å². The summed E-state index contributed by atoms with van der Waals surface area (Å²) in [6, 6.07) is 13.5. The van der Waals surface area contributed by atoms with E-state index in [4.69, 9.17) is 0 Å². The van der Waals surface area contributed by atoms with Crippen LogP contribution in [0.15, 0.2) is 71.2 Å². The van der Waals surface area contributed by atoms with Gasteiger partial charge < -0.3 is 10.0 Å². The Kier molecular flexibility index (Phi) is 15.9. The fourth-order valence-corrected chi connectivity index (χ4v) is 9.48. The highest BCUT2D eigenvalue weighted by molar-refractivity contribution is 6.24. The van der Waals surface area contributed by atoms with Gasteiger partial charge in [-0.1, -0.05) is 166 Å². The van der Waals surface area contributed by atoms with Crippen molar-refractivity contribution in [2.24, 2.45) is 0 Å². The number of Topliss-reactive ketones (excluding diaryl/α,β-unsaturated/α-hetero) is 1. The van der Waals surface area contributed by atoms with Gasteiger partial charge in [0.15, 0.2) is 5.71 Å². The van der Waals surface area contributed by atoms with Crippen LogP contribution in [0.2, 0.25) is 0 Å². The van der Waals surface area contributed by atoms with E-state index < -0.39 is 0 Å². The van der Waals surface area contributed by atoms with Gasteiger partial charge in [0.2, 0.25) is 11.5 Å². The number of aliphatic hydroxyl groups is 1. The molecule has 4 nitrogen and oxygen atoms in total. The van der Waals surface area contributed by atoms with E-state index in [-0.39, 0.29) is 22.4 Å². The van der Waals surface area contributed by atoms with E-state index in [1.165, 1.54) is 149 Å². The summed E-state index contributed by atoms with van der Waals surface area (Å²) in [5.74, 6) is 0.0878. The molecule has 2 heterocycles. The Morgan fingerprint density at radius 3 is 1.68 bits per heavy atom. The van der Waals surface area contributed by atoms with Crippen molar-refractivity contribution >= 4 is 22.9 Å². The number of ketones is 1. The highest BCUT2D eigenvalue weighted by Gasteiger charge is 2.47. The molecule has 0 spiro atoms. The molecule has 2 aromatic rings. The molecule has 0 bridgehead atoms. The van der Waals surface area contributed by atoms with Crippen molar-refractivity contribution in [1.29, 1.82) is 0 Å². The quantitative estimate of drug-likeness (QED) is 0.0658. The number of unbranched alkanes of at least 4 members (excludes halogenated alkanes) is 18. The smallest absolute Gasteiger partial charge is 0.209 e. The molecule has 0 unspecified atom stereocenters. The second kappa shape index (κ2) is 20.3. The molecule has 2 aromatic carbocycles. The van der Waals surface area contributed by atoms with Gasteiger partial charge in [0.05, 0.1) is 16.6 Å². The Morgan fingerprint density at radius 1 is 0.625 bits per heavy atom. The lowest BCUT2D eigenvalue weighted by Gasteiger charge is -2.29. The maximum atomic E-state index is 14.1. The molecule has 5 rings (SSSR count). The van der Waals surface area contributed by atoms with Gasteiger partial charge in [-0.15, -0.1) is 0 Å². The van der Waals surface area contributed by atoms with Crippen molar-refractivity contribution in [3.05, 3.63) is 93.4 Å². The zero-order chi connectivity index (χ0) is 40.3. The third kappa shape index (κ3) is 10.2. The summed E-state index contributed by atoms with van der Waals surface area (Å²) in [6.07, 6.45) is 30.2. The topological polar surface area (TPSA) is 43.5 Å². The molecule has 56 heavy (non-hydrogen) atoms. The lowest BCUT2D eigenvalue weighted by atomic mass is 9.77. The van der Waals surface area contributed by atoms with Gasteiger partial charge in [-0.3, -0.25) is 4.79 Å². The molecular formula is C52H77N2O2+. The minimum Gasteiger partial charge on any atom is -0.506 e. The molecular weight excluding hydrogens is 685 g/mol. The predicted molar refractivity (Wildman–Crippen MR) is 240 cm³/mol. The number of nitrogens with zero attached hydrogens (tertiary/aromatic N) is 2. The van der Waals surface area contributed by atoms with Crippen LogP contribution in [0.3, 0.4) is 0 Å². The van der Waals surface area contributed by atoms with Gasteiger partial charge in [0.1, 0.15) is 12.3 Å². The number of hydrogen-bond donors (Lipinski definition) is 1. The summed E-state index contributed by atoms with van der Waals surface area (Å²) in [7, 11) is 0. The zero-order valence-electron chi connectivity index (χ0n) is 36.9.